The Hall–Kier alpha value is -3.03. The second kappa shape index (κ2) is 8.14. The number of para-hydroxylation sites is 1. The average Bonchev–Trinajstić information content (AvgIpc) is 3.06. The van der Waals surface area contributed by atoms with Crippen molar-refractivity contribution in [2.45, 2.75) is 27.2 Å². The van der Waals surface area contributed by atoms with Crippen LogP contribution in [0.3, 0.4) is 0 Å². The summed E-state index contributed by atoms with van der Waals surface area (Å²) in [4.78, 5) is 26.7. The van der Waals surface area contributed by atoms with Gasteiger partial charge in [0, 0.05) is 26.1 Å². The van der Waals surface area contributed by atoms with Crippen molar-refractivity contribution in [2.75, 3.05) is 18.4 Å². The van der Waals surface area contributed by atoms with Crippen LogP contribution in [0.25, 0.3) is 5.57 Å². The summed E-state index contributed by atoms with van der Waals surface area (Å²) in [5, 5.41) is 6.45. The maximum atomic E-state index is 13.8. The van der Waals surface area contributed by atoms with E-state index in [2.05, 4.69) is 10.4 Å². The van der Waals surface area contributed by atoms with Crippen LogP contribution in [0.4, 0.5) is 14.5 Å². The van der Waals surface area contributed by atoms with E-state index in [0.717, 1.165) is 29.7 Å². The minimum absolute atomic E-state index is 0.0396. The molecule has 2 aromatic rings. The van der Waals surface area contributed by atoms with Crippen LogP contribution in [0.5, 0.6) is 0 Å². The maximum Gasteiger partial charge on any atom is 0.276 e. The van der Waals surface area contributed by atoms with Gasteiger partial charge in [-0.15, -0.1) is 0 Å². The van der Waals surface area contributed by atoms with Gasteiger partial charge >= 0.3 is 0 Å². The number of carbonyl (C=O) groups excluding carboxylic acids is 2. The molecule has 2 heterocycles. The van der Waals surface area contributed by atoms with Gasteiger partial charge in [-0.3, -0.25) is 14.3 Å². The summed E-state index contributed by atoms with van der Waals surface area (Å²) in [5.41, 5.74) is 2.27. The Morgan fingerprint density at radius 3 is 2.48 bits per heavy atom. The van der Waals surface area contributed by atoms with Gasteiger partial charge in [0.05, 0.1) is 5.69 Å². The first-order valence-corrected chi connectivity index (χ1v) is 9.46. The minimum atomic E-state index is -0.858. The molecule has 1 aliphatic rings. The number of aromatic nitrogens is 2. The molecular weight excluding hydrogens is 378 g/mol. The van der Waals surface area contributed by atoms with Crippen molar-refractivity contribution in [1.29, 1.82) is 0 Å². The summed E-state index contributed by atoms with van der Waals surface area (Å²) in [7, 11) is 1.69. The molecule has 8 heteroatoms. The van der Waals surface area contributed by atoms with Crippen molar-refractivity contribution in [3.8, 4) is 0 Å². The lowest BCUT2D eigenvalue weighted by Gasteiger charge is -2.31. The lowest BCUT2D eigenvalue weighted by atomic mass is 9.97. The molecule has 6 nitrogen and oxygen atoms in total. The number of amides is 2. The van der Waals surface area contributed by atoms with Gasteiger partial charge in [0.15, 0.2) is 5.69 Å². The Labute approximate surface area is 168 Å². The number of carbonyl (C=O) groups is 2. The first-order chi connectivity index (χ1) is 13.7. The third-order valence-electron chi connectivity index (χ3n) is 5.05. The van der Waals surface area contributed by atoms with Gasteiger partial charge in [-0.25, -0.2) is 8.78 Å². The zero-order valence-electron chi connectivity index (χ0n) is 16.9. The molecule has 0 radical (unpaired) electrons. The van der Waals surface area contributed by atoms with Crippen molar-refractivity contribution in [2.24, 2.45) is 13.0 Å². The molecule has 0 fully saturated rings. The van der Waals surface area contributed by atoms with Crippen LogP contribution in [0.15, 0.2) is 29.8 Å². The van der Waals surface area contributed by atoms with E-state index in [9.17, 15) is 18.4 Å². The average molecular weight is 402 g/mol. The molecule has 29 heavy (non-hydrogen) atoms. The smallest absolute Gasteiger partial charge is 0.276 e. The van der Waals surface area contributed by atoms with E-state index in [1.165, 1.54) is 6.07 Å². The highest BCUT2D eigenvalue weighted by Crippen LogP contribution is 2.28. The number of hydrogen-bond acceptors (Lipinski definition) is 3. The Balaban J connectivity index is 1.86. The molecule has 1 aromatic heterocycles. The highest BCUT2D eigenvalue weighted by atomic mass is 19.1. The van der Waals surface area contributed by atoms with E-state index in [-0.39, 0.29) is 17.5 Å². The normalized spacial score (nSPS) is 14.5. The van der Waals surface area contributed by atoms with Gasteiger partial charge in [0.25, 0.3) is 5.91 Å². The summed E-state index contributed by atoms with van der Waals surface area (Å²) < 4.78 is 29.2. The van der Waals surface area contributed by atoms with E-state index in [0.29, 0.717) is 18.8 Å². The molecule has 0 spiro atoms. The number of benzene rings is 1. The number of nitrogens with one attached hydrogen (secondary N) is 1. The predicted molar refractivity (Wildman–Crippen MR) is 106 cm³/mol. The number of rotatable bonds is 4. The fourth-order valence-corrected chi connectivity index (χ4v) is 3.37. The van der Waals surface area contributed by atoms with E-state index in [1.807, 2.05) is 20.8 Å². The summed E-state index contributed by atoms with van der Waals surface area (Å²) in [6, 6.07) is 4.94. The third-order valence-corrected chi connectivity index (χ3v) is 5.05. The Morgan fingerprint density at radius 2 is 1.86 bits per heavy atom. The van der Waals surface area contributed by atoms with E-state index < -0.39 is 23.2 Å². The molecule has 0 saturated carbocycles. The molecule has 154 valence electrons. The monoisotopic (exact) mass is 402 g/mol. The molecule has 1 N–H and O–H groups in total. The van der Waals surface area contributed by atoms with Gasteiger partial charge in [-0.2, -0.15) is 5.10 Å². The fourth-order valence-electron chi connectivity index (χ4n) is 3.37. The van der Waals surface area contributed by atoms with Crippen LogP contribution in [-0.4, -0.2) is 39.6 Å². The molecule has 0 atom stereocenters. The second-order valence-electron chi connectivity index (χ2n) is 7.51. The zero-order valence-corrected chi connectivity index (χ0v) is 16.9. The second-order valence-corrected chi connectivity index (χ2v) is 7.51. The van der Waals surface area contributed by atoms with Crippen LogP contribution in [0.2, 0.25) is 0 Å². The van der Waals surface area contributed by atoms with E-state index in [1.54, 1.807) is 22.7 Å². The summed E-state index contributed by atoms with van der Waals surface area (Å²) in [6.07, 6.45) is 0.737. The highest BCUT2D eigenvalue weighted by molar-refractivity contribution is 6.03. The van der Waals surface area contributed by atoms with Gasteiger partial charge in [0.2, 0.25) is 5.91 Å². The molecule has 0 saturated heterocycles. The fraction of sp³-hybridized carbons (Fsp3) is 0.381. The third kappa shape index (κ3) is 4.21. The highest BCUT2D eigenvalue weighted by Gasteiger charge is 2.26. The molecular formula is C21H24F2N4O2. The molecule has 0 bridgehead atoms. The van der Waals surface area contributed by atoms with Crippen LogP contribution >= 0.6 is 0 Å². The summed E-state index contributed by atoms with van der Waals surface area (Å²) >= 11 is 0. The number of halogens is 2. The molecule has 1 aromatic carbocycles. The van der Waals surface area contributed by atoms with Crippen molar-refractivity contribution in [3.63, 3.8) is 0 Å². The van der Waals surface area contributed by atoms with E-state index in [4.69, 9.17) is 0 Å². The van der Waals surface area contributed by atoms with Crippen molar-refractivity contribution in [3.05, 3.63) is 52.9 Å². The Kier molecular flexibility index (Phi) is 5.81. The van der Waals surface area contributed by atoms with Crippen LogP contribution in [0.1, 0.15) is 43.4 Å². The molecule has 1 aliphatic heterocycles. The number of anilines is 1. The minimum Gasteiger partial charge on any atom is -0.338 e. The Bertz CT molecular complexity index is 974. The number of hydrogen-bond donors (Lipinski definition) is 1. The molecule has 0 aliphatic carbocycles. The van der Waals surface area contributed by atoms with Crippen molar-refractivity contribution in [1.82, 2.24) is 14.7 Å². The lowest BCUT2D eigenvalue weighted by Crippen LogP contribution is -2.39. The largest absolute Gasteiger partial charge is 0.338 e. The van der Waals surface area contributed by atoms with E-state index >= 15 is 0 Å². The van der Waals surface area contributed by atoms with Gasteiger partial charge in [-0.05, 0) is 37.1 Å². The van der Waals surface area contributed by atoms with Crippen molar-refractivity contribution >= 4 is 23.1 Å². The summed E-state index contributed by atoms with van der Waals surface area (Å²) in [6.45, 7) is 6.81. The van der Waals surface area contributed by atoms with Crippen LogP contribution < -0.4 is 5.32 Å². The van der Waals surface area contributed by atoms with Gasteiger partial charge in [-0.1, -0.05) is 25.5 Å². The van der Waals surface area contributed by atoms with Crippen LogP contribution in [0, 0.1) is 17.6 Å². The predicted octanol–water partition coefficient (Wildman–Crippen LogP) is 3.61. The molecule has 2 amide bonds. The first-order valence-electron chi connectivity index (χ1n) is 9.46. The molecule has 3 rings (SSSR count). The summed E-state index contributed by atoms with van der Waals surface area (Å²) in [5.74, 6) is -2.45. The standard InChI is InChI=1S/C21H24F2N4O2/c1-12(2)21(29)27-9-8-13(3)14(11-27)18-10-17(25-26(18)4)20(28)24-19-15(22)6-5-7-16(19)23/h5-7,10,12H,8-9,11H2,1-4H3,(H,24,28). The quantitative estimate of drug-likeness (QED) is 0.850. The topological polar surface area (TPSA) is 67.2 Å². The lowest BCUT2D eigenvalue weighted by molar-refractivity contribution is -0.133. The van der Waals surface area contributed by atoms with Gasteiger partial charge < -0.3 is 10.2 Å². The van der Waals surface area contributed by atoms with Gasteiger partial charge in [0.1, 0.15) is 17.3 Å². The zero-order chi connectivity index (χ0) is 21.3. The Morgan fingerprint density at radius 1 is 1.21 bits per heavy atom. The van der Waals surface area contributed by atoms with Crippen LogP contribution in [-0.2, 0) is 11.8 Å². The number of aryl methyl sites for hydroxylation is 1. The number of nitrogens with zero attached hydrogens (tertiary/aromatic N) is 3. The maximum absolute atomic E-state index is 13.8. The first kappa shape index (κ1) is 20.7. The SMILES string of the molecule is CC1=C(c2cc(C(=O)Nc3c(F)cccc3F)nn2C)CN(C(=O)C(C)C)CC1. The molecule has 0 unspecified atom stereocenters. The van der Waals surface area contributed by atoms with Crippen molar-refractivity contribution < 1.29 is 18.4 Å².